The summed E-state index contributed by atoms with van der Waals surface area (Å²) >= 11 is 0. The molecule has 22 heavy (non-hydrogen) atoms. The van der Waals surface area contributed by atoms with Crippen molar-refractivity contribution < 1.29 is 14.6 Å². The Bertz CT molecular complexity index is 868. The first-order valence-electron chi connectivity index (χ1n) is 6.98. The predicted octanol–water partition coefficient (Wildman–Crippen LogP) is 4.82. The molecule has 0 fully saturated rings. The fourth-order valence-corrected chi connectivity index (χ4v) is 2.72. The fourth-order valence-electron chi connectivity index (χ4n) is 2.72. The van der Waals surface area contributed by atoms with Crippen LogP contribution in [0, 0.1) is 0 Å². The standard InChI is InChI=1S/C19H12O3/c20-19(21)15-11-14(12-7-3-1-4-8-12)16(18-17(15)22-18)13-9-5-2-6-10-13/h1-11H,(H,20,21). The van der Waals surface area contributed by atoms with Crippen LogP contribution in [0.5, 0.6) is 11.5 Å². The average Bonchev–Trinajstić information content (AvgIpc) is 3.35. The van der Waals surface area contributed by atoms with Crippen LogP contribution in [-0.2, 0) is 0 Å². The molecule has 3 heteroatoms. The van der Waals surface area contributed by atoms with Gasteiger partial charge >= 0.3 is 5.97 Å². The number of hydrogen-bond donors (Lipinski definition) is 1. The van der Waals surface area contributed by atoms with Gasteiger partial charge in [0.2, 0.25) is 0 Å². The van der Waals surface area contributed by atoms with Gasteiger partial charge in [-0.25, -0.2) is 4.79 Å². The second-order valence-electron chi connectivity index (χ2n) is 5.14. The first kappa shape index (κ1) is 12.7. The first-order chi connectivity index (χ1) is 10.8. The highest BCUT2D eigenvalue weighted by atomic mass is 16.6. The molecule has 1 N–H and O–H groups in total. The third kappa shape index (κ3) is 1.95. The van der Waals surface area contributed by atoms with Gasteiger partial charge in [-0.2, -0.15) is 0 Å². The average molecular weight is 288 g/mol. The number of aromatic carboxylic acids is 1. The highest BCUT2D eigenvalue weighted by Crippen LogP contribution is 2.58. The van der Waals surface area contributed by atoms with Crippen LogP contribution >= 0.6 is 0 Å². The maximum absolute atomic E-state index is 11.4. The van der Waals surface area contributed by atoms with Gasteiger partial charge in [0.05, 0.1) is 0 Å². The Labute approximate surface area is 127 Å². The molecule has 0 aliphatic carbocycles. The first-order valence-corrected chi connectivity index (χ1v) is 6.98. The second-order valence-corrected chi connectivity index (χ2v) is 5.14. The Morgan fingerprint density at radius 3 is 2.00 bits per heavy atom. The van der Waals surface area contributed by atoms with Crippen LogP contribution in [0.15, 0.2) is 66.7 Å². The van der Waals surface area contributed by atoms with Crippen molar-refractivity contribution in [3.63, 3.8) is 0 Å². The van der Waals surface area contributed by atoms with E-state index in [4.69, 9.17) is 4.74 Å². The molecule has 1 aliphatic rings. The van der Waals surface area contributed by atoms with Gasteiger partial charge in [0.1, 0.15) is 5.56 Å². The van der Waals surface area contributed by atoms with E-state index in [0.717, 1.165) is 22.3 Å². The van der Waals surface area contributed by atoms with Crippen LogP contribution in [0.25, 0.3) is 22.3 Å². The lowest BCUT2D eigenvalue weighted by atomic mass is 9.93. The van der Waals surface area contributed by atoms with Gasteiger partial charge in [-0.05, 0) is 22.8 Å². The molecule has 3 aromatic rings. The van der Waals surface area contributed by atoms with Crippen LogP contribution in [0.2, 0.25) is 0 Å². The zero-order valence-corrected chi connectivity index (χ0v) is 11.6. The monoisotopic (exact) mass is 288 g/mol. The molecule has 106 valence electrons. The van der Waals surface area contributed by atoms with Crippen molar-refractivity contribution in [2.45, 2.75) is 0 Å². The molecule has 4 rings (SSSR count). The smallest absolute Gasteiger partial charge is 0.339 e. The Morgan fingerprint density at radius 1 is 0.818 bits per heavy atom. The van der Waals surface area contributed by atoms with Crippen molar-refractivity contribution >= 4 is 5.97 Å². The van der Waals surface area contributed by atoms with Crippen LogP contribution in [-0.4, -0.2) is 11.1 Å². The quantitative estimate of drug-likeness (QED) is 0.549. The lowest BCUT2D eigenvalue weighted by Gasteiger charge is -2.08. The van der Waals surface area contributed by atoms with Crippen molar-refractivity contribution in [3.8, 4) is 33.8 Å². The Balaban J connectivity index is 2.01. The minimum atomic E-state index is -0.967. The number of hydrogen-bond acceptors (Lipinski definition) is 2. The molecule has 0 bridgehead atoms. The molecule has 0 unspecified atom stereocenters. The largest absolute Gasteiger partial charge is 0.478 e. The number of benzene rings is 3. The number of ether oxygens (including phenoxy) is 1. The number of carboxylic acids is 1. The topological polar surface area (TPSA) is 49.8 Å². The van der Waals surface area contributed by atoms with Crippen LogP contribution < -0.4 is 4.74 Å². The van der Waals surface area contributed by atoms with Crippen molar-refractivity contribution in [1.82, 2.24) is 0 Å². The summed E-state index contributed by atoms with van der Waals surface area (Å²) < 4.78 is 5.50. The Kier molecular flexibility index (Phi) is 2.73. The van der Waals surface area contributed by atoms with Gasteiger partial charge in [-0.3, -0.25) is 0 Å². The number of fused-ring (bicyclic) bond motifs is 1. The minimum Gasteiger partial charge on any atom is -0.478 e. The van der Waals surface area contributed by atoms with Gasteiger partial charge in [-0.15, -0.1) is 0 Å². The molecule has 0 spiro atoms. The number of carboxylic acid groups (broad SMARTS) is 1. The van der Waals surface area contributed by atoms with E-state index in [1.165, 1.54) is 0 Å². The summed E-state index contributed by atoms with van der Waals surface area (Å²) in [6, 6.07) is 21.4. The summed E-state index contributed by atoms with van der Waals surface area (Å²) in [5, 5.41) is 9.35. The summed E-state index contributed by atoms with van der Waals surface area (Å²) in [7, 11) is 0. The molecule has 0 atom stereocenters. The highest BCUT2D eigenvalue weighted by Gasteiger charge is 2.35. The molecule has 0 saturated carbocycles. The molecule has 1 aliphatic heterocycles. The van der Waals surface area contributed by atoms with Crippen molar-refractivity contribution in [1.29, 1.82) is 0 Å². The third-order valence-electron chi connectivity index (χ3n) is 3.78. The van der Waals surface area contributed by atoms with Gasteiger partial charge in [-0.1, -0.05) is 60.7 Å². The number of rotatable bonds is 3. The highest BCUT2D eigenvalue weighted by molar-refractivity contribution is 6.03. The van der Waals surface area contributed by atoms with Gasteiger partial charge in [0.15, 0.2) is 11.5 Å². The number of carbonyl (C=O) groups is 1. The van der Waals surface area contributed by atoms with E-state index >= 15 is 0 Å². The SMILES string of the molecule is O=C(O)c1cc(-c2ccccc2)c(-c2ccccc2)c2c1O2. The van der Waals surface area contributed by atoms with E-state index in [-0.39, 0.29) is 5.56 Å². The van der Waals surface area contributed by atoms with Gasteiger partial charge in [0, 0.05) is 5.56 Å². The maximum Gasteiger partial charge on any atom is 0.339 e. The predicted molar refractivity (Wildman–Crippen MR) is 84.3 cm³/mol. The lowest BCUT2D eigenvalue weighted by molar-refractivity contribution is 0.0696. The molecule has 0 amide bonds. The van der Waals surface area contributed by atoms with Crippen molar-refractivity contribution in [2.75, 3.05) is 0 Å². The summed E-state index contributed by atoms with van der Waals surface area (Å²) in [4.78, 5) is 11.4. The molecule has 0 saturated heterocycles. The Morgan fingerprint density at radius 2 is 1.41 bits per heavy atom. The van der Waals surface area contributed by atoms with E-state index in [1.807, 2.05) is 60.7 Å². The molecule has 1 heterocycles. The maximum atomic E-state index is 11.4. The molecule has 0 aromatic heterocycles. The van der Waals surface area contributed by atoms with Crippen molar-refractivity contribution in [3.05, 3.63) is 72.3 Å². The van der Waals surface area contributed by atoms with E-state index in [9.17, 15) is 9.90 Å². The van der Waals surface area contributed by atoms with Crippen LogP contribution in [0.4, 0.5) is 0 Å². The molecular weight excluding hydrogens is 276 g/mol. The zero-order chi connectivity index (χ0) is 15.1. The van der Waals surface area contributed by atoms with Crippen molar-refractivity contribution in [2.24, 2.45) is 0 Å². The van der Waals surface area contributed by atoms with E-state index in [1.54, 1.807) is 6.07 Å². The van der Waals surface area contributed by atoms with Crippen LogP contribution in [0.1, 0.15) is 10.4 Å². The van der Waals surface area contributed by atoms with Crippen LogP contribution in [0.3, 0.4) is 0 Å². The zero-order valence-electron chi connectivity index (χ0n) is 11.6. The summed E-state index contributed by atoms with van der Waals surface area (Å²) in [6.45, 7) is 0. The lowest BCUT2D eigenvalue weighted by Crippen LogP contribution is -1.95. The Hall–Kier alpha value is -3.07. The molecule has 3 nitrogen and oxygen atoms in total. The molecular formula is C19H12O3. The van der Waals surface area contributed by atoms with Gasteiger partial charge in [0.25, 0.3) is 0 Å². The molecule has 3 aromatic carbocycles. The molecule has 0 radical (unpaired) electrons. The summed E-state index contributed by atoms with van der Waals surface area (Å²) in [6.07, 6.45) is 0. The third-order valence-corrected chi connectivity index (χ3v) is 3.78. The summed E-state index contributed by atoms with van der Waals surface area (Å²) in [5.41, 5.74) is 4.04. The van der Waals surface area contributed by atoms with E-state index in [0.29, 0.717) is 11.5 Å². The normalized spacial score (nSPS) is 11.5. The minimum absolute atomic E-state index is 0.216. The fraction of sp³-hybridized carbons (Fsp3) is 0. The summed E-state index contributed by atoms with van der Waals surface area (Å²) in [5.74, 6) is 0.182. The second kappa shape index (κ2) is 4.74. The van der Waals surface area contributed by atoms with E-state index < -0.39 is 5.97 Å². The van der Waals surface area contributed by atoms with Gasteiger partial charge < -0.3 is 9.84 Å². The van der Waals surface area contributed by atoms with E-state index in [2.05, 4.69) is 0 Å².